The molecular weight excluding hydrogens is 514 g/mol. The van der Waals surface area contributed by atoms with Crippen LogP contribution in [0.15, 0.2) is 46.9 Å². The molecule has 0 aliphatic heterocycles. The van der Waals surface area contributed by atoms with E-state index in [9.17, 15) is 18.0 Å². The zero-order chi connectivity index (χ0) is 24.8. The summed E-state index contributed by atoms with van der Waals surface area (Å²) in [6.07, 6.45) is 1.00. The Hall–Kier alpha value is -2.79. The van der Waals surface area contributed by atoms with E-state index >= 15 is 0 Å². The number of ether oxygens (including phenoxy) is 2. The number of rotatable bonds is 10. The van der Waals surface area contributed by atoms with Gasteiger partial charge in [-0.15, -0.1) is 0 Å². The van der Waals surface area contributed by atoms with E-state index in [1.165, 1.54) is 38.3 Å². The molecule has 0 aromatic heterocycles. The molecule has 9 nitrogen and oxygen atoms in total. The van der Waals surface area contributed by atoms with Gasteiger partial charge in [0.2, 0.25) is 21.8 Å². The Morgan fingerprint density at radius 2 is 1.82 bits per heavy atom. The summed E-state index contributed by atoms with van der Waals surface area (Å²) in [4.78, 5) is 27.1. The zero-order valence-electron chi connectivity index (χ0n) is 19.2. The van der Waals surface area contributed by atoms with Crippen LogP contribution in [0.4, 0.5) is 5.69 Å². The van der Waals surface area contributed by atoms with Gasteiger partial charge in [0, 0.05) is 24.1 Å². The minimum atomic E-state index is -3.87. The van der Waals surface area contributed by atoms with Crippen LogP contribution in [0.3, 0.4) is 0 Å². The highest BCUT2D eigenvalue weighted by Gasteiger charge is 2.31. The Balaban J connectivity index is 2.45. The number of methoxy groups -OCH3 is 2. The largest absolute Gasteiger partial charge is 0.497 e. The van der Waals surface area contributed by atoms with E-state index in [1.54, 1.807) is 13.0 Å². The third-order valence-electron chi connectivity index (χ3n) is 4.99. The second kappa shape index (κ2) is 11.4. The Morgan fingerprint density at radius 3 is 2.36 bits per heavy atom. The van der Waals surface area contributed by atoms with Crippen LogP contribution in [0.25, 0.3) is 0 Å². The lowest BCUT2D eigenvalue weighted by molar-refractivity contribution is -0.139. The molecule has 180 valence electrons. The zero-order valence-corrected chi connectivity index (χ0v) is 21.6. The van der Waals surface area contributed by atoms with Gasteiger partial charge in [-0.3, -0.25) is 13.9 Å². The van der Waals surface area contributed by atoms with Crippen molar-refractivity contribution in [3.05, 3.63) is 52.5 Å². The van der Waals surface area contributed by atoms with Crippen molar-refractivity contribution in [2.24, 2.45) is 0 Å². The third kappa shape index (κ3) is 6.84. The maximum Gasteiger partial charge on any atom is 0.244 e. The summed E-state index contributed by atoms with van der Waals surface area (Å²) < 4.78 is 37.6. The summed E-state index contributed by atoms with van der Waals surface area (Å²) in [5.41, 5.74) is 0.963. The fraction of sp³-hybridized carbons (Fsp3) is 0.364. The lowest BCUT2D eigenvalue weighted by atomic mass is 10.1. The Labute approximate surface area is 202 Å². The van der Waals surface area contributed by atoms with Crippen molar-refractivity contribution in [3.8, 4) is 11.5 Å². The molecule has 0 saturated heterocycles. The summed E-state index contributed by atoms with van der Waals surface area (Å²) >= 11 is 3.40. The normalized spacial score (nSPS) is 11.9. The van der Waals surface area contributed by atoms with Gasteiger partial charge in [0.25, 0.3) is 0 Å². The standard InChI is InChI=1S/C22H28BrN3O6S/c1-15(22(28)24-2)25(13-16-7-6-8-17(23)11-16)21(27)14-26(33(5,29)30)19-10-9-18(31-3)12-20(19)32-4/h6-12,15H,13-14H2,1-5H3,(H,24,28)/t15-/m0/s1. The predicted molar refractivity (Wildman–Crippen MR) is 130 cm³/mol. The van der Waals surface area contributed by atoms with E-state index in [0.717, 1.165) is 20.6 Å². The smallest absolute Gasteiger partial charge is 0.244 e. The molecular formula is C22H28BrN3O6S. The lowest BCUT2D eigenvalue weighted by Gasteiger charge is -2.31. The lowest BCUT2D eigenvalue weighted by Crippen LogP contribution is -2.50. The molecule has 0 aliphatic carbocycles. The number of hydrogen-bond acceptors (Lipinski definition) is 6. The number of nitrogens with one attached hydrogen (secondary N) is 1. The van der Waals surface area contributed by atoms with Crippen LogP contribution in [0.1, 0.15) is 12.5 Å². The number of benzene rings is 2. The number of amides is 2. The maximum absolute atomic E-state index is 13.4. The molecule has 1 N–H and O–H groups in total. The summed E-state index contributed by atoms with van der Waals surface area (Å²) in [5, 5.41) is 2.54. The van der Waals surface area contributed by atoms with E-state index in [1.807, 2.05) is 24.3 Å². The summed E-state index contributed by atoms with van der Waals surface area (Å²) in [6, 6.07) is 11.1. The average Bonchev–Trinajstić information content (AvgIpc) is 2.78. The van der Waals surface area contributed by atoms with Crippen LogP contribution < -0.4 is 19.1 Å². The number of halogens is 1. The van der Waals surface area contributed by atoms with E-state index < -0.39 is 28.5 Å². The van der Waals surface area contributed by atoms with Crippen LogP contribution in [0.5, 0.6) is 11.5 Å². The second-order valence-electron chi connectivity index (χ2n) is 7.25. The van der Waals surface area contributed by atoms with Crippen molar-refractivity contribution >= 4 is 43.5 Å². The number of hydrogen-bond donors (Lipinski definition) is 1. The van der Waals surface area contributed by atoms with E-state index in [-0.39, 0.29) is 23.9 Å². The summed E-state index contributed by atoms with van der Waals surface area (Å²) in [5.74, 6) is -0.217. The molecule has 0 aliphatic rings. The van der Waals surface area contributed by atoms with Gasteiger partial charge in [0.15, 0.2) is 0 Å². The molecule has 0 saturated carbocycles. The molecule has 1 atom stereocenters. The molecule has 2 rings (SSSR count). The van der Waals surface area contributed by atoms with Gasteiger partial charge in [-0.2, -0.15) is 0 Å². The SMILES string of the molecule is CNC(=O)[C@H](C)N(Cc1cccc(Br)c1)C(=O)CN(c1ccc(OC)cc1OC)S(C)(=O)=O. The third-order valence-corrected chi connectivity index (χ3v) is 6.61. The minimum absolute atomic E-state index is 0.115. The molecule has 11 heteroatoms. The Kier molecular flexibility index (Phi) is 9.12. The number of likely N-dealkylation sites (N-methyl/N-ethyl adjacent to an activating group) is 1. The fourth-order valence-electron chi connectivity index (χ4n) is 3.21. The van der Waals surface area contributed by atoms with Gasteiger partial charge in [0.1, 0.15) is 24.1 Å². The number of sulfonamides is 1. The van der Waals surface area contributed by atoms with Gasteiger partial charge >= 0.3 is 0 Å². The van der Waals surface area contributed by atoms with Gasteiger partial charge in [-0.25, -0.2) is 8.42 Å². The first-order chi connectivity index (χ1) is 15.5. The molecule has 0 fully saturated rings. The summed E-state index contributed by atoms with van der Waals surface area (Å²) in [6.45, 7) is 1.19. The monoisotopic (exact) mass is 541 g/mol. The van der Waals surface area contributed by atoms with Crippen LogP contribution in [0.2, 0.25) is 0 Å². The number of nitrogens with zero attached hydrogens (tertiary/aromatic N) is 2. The van der Waals surface area contributed by atoms with Crippen molar-refractivity contribution in [2.45, 2.75) is 19.5 Å². The van der Waals surface area contributed by atoms with Gasteiger partial charge in [0.05, 0.1) is 26.2 Å². The number of carbonyl (C=O) groups excluding carboxylic acids is 2. The molecule has 0 unspecified atom stereocenters. The van der Waals surface area contributed by atoms with Crippen molar-refractivity contribution in [1.82, 2.24) is 10.2 Å². The van der Waals surface area contributed by atoms with Gasteiger partial charge < -0.3 is 19.7 Å². The fourth-order valence-corrected chi connectivity index (χ4v) is 4.51. The van der Waals surface area contributed by atoms with Gasteiger partial charge in [-0.1, -0.05) is 28.1 Å². The number of anilines is 1. The van der Waals surface area contributed by atoms with Crippen molar-refractivity contribution in [2.75, 3.05) is 38.4 Å². The highest BCUT2D eigenvalue weighted by atomic mass is 79.9. The topological polar surface area (TPSA) is 105 Å². The first-order valence-electron chi connectivity index (χ1n) is 9.97. The minimum Gasteiger partial charge on any atom is -0.497 e. The maximum atomic E-state index is 13.4. The highest BCUT2D eigenvalue weighted by molar-refractivity contribution is 9.10. The predicted octanol–water partition coefficient (Wildman–Crippen LogP) is 2.40. The van der Waals surface area contributed by atoms with E-state index in [2.05, 4.69) is 21.2 Å². The van der Waals surface area contributed by atoms with Crippen LogP contribution >= 0.6 is 15.9 Å². The first-order valence-corrected chi connectivity index (χ1v) is 12.6. The Morgan fingerprint density at radius 1 is 1.12 bits per heavy atom. The average molecular weight is 542 g/mol. The quantitative estimate of drug-likeness (QED) is 0.495. The molecule has 0 spiro atoms. The highest BCUT2D eigenvalue weighted by Crippen LogP contribution is 2.33. The molecule has 2 amide bonds. The van der Waals surface area contributed by atoms with Crippen molar-refractivity contribution < 1.29 is 27.5 Å². The molecule has 2 aromatic rings. The first kappa shape index (κ1) is 26.5. The van der Waals surface area contributed by atoms with Crippen molar-refractivity contribution in [3.63, 3.8) is 0 Å². The van der Waals surface area contributed by atoms with Crippen LogP contribution in [-0.2, 0) is 26.2 Å². The van der Waals surface area contributed by atoms with Crippen molar-refractivity contribution in [1.29, 1.82) is 0 Å². The Bertz CT molecular complexity index is 1110. The van der Waals surface area contributed by atoms with E-state index in [4.69, 9.17) is 9.47 Å². The molecule has 0 radical (unpaired) electrons. The van der Waals surface area contributed by atoms with E-state index in [0.29, 0.717) is 5.75 Å². The molecule has 33 heavy (non-hydrogen) atoms. The second-order valence-corrected chi connectivity index (χ2v) is 10.1. The molecule has 2 aromatic carbocycles. The van der Waals surface area contributed by atoms with Gasteiger partial charge in [-0.05, 0) is 36.8 Å². The van der Waals surface area contributed by atoms with Crippen LogP contribution in [0, 0.1) is 0 Å². The molecule has 0 heterocycles. The molecule has 0 bridgehead atoms. The number of carbonyl (C=O) groups is 2. The summed E-state index contributed by atoms with van der Waals surface area (Å²) in [7, 11) is 0.480. The van der Waals surface area contributed by atoms with Crippen LogP contribution in [-0.4, -0.2) is 65.2 Å².